The molecule has 0 aliphatic carbocycles. The second-order valence-corrected chi connectivity index (χ2v) is 7.17. The minimum atomic E-state index is -0.673. The van der Waals surface area contributed by atoms with Crippen molar-refractivity contribution < 1.29 is 23.5 Å². The number of aromatic nitrogens is 1. The maximum absolute atomic E-state index is 12.5. The van der Waals surface area contributed by atoms with E-state index in [0.29, 0.717) is 16.9 Å². The van der Waals surface area contributed by atoms with Crippen LogP contribution in [0.1, 0.15) is 28.4 Å². The molecule has 0 bridgehead atoms. The molecular formula is C24H21NO6. The monoisotopic (exact) mass is 419 g/mol. The third kappa shape index (κ3) is 4.21. The first-order valence-corrected chi connectivity index (χ1v) is 9.91. The number of esters is 1. The summed E-state index contributed by atoms with van der Waals surface area (Å²) in [6, 6.07) is 12.1. The molecule has 0 radical (unpaired) electrons. The zero-order valence-corrected chi connectivity index (χ0v) is 17.2. The van der Waals surface area contributed by atoms with Crippen LogP contribution in [-0.4, -0.2) is 30.0 Å². The molecule has 4 rings (SSSR count). The number of fused-ring (bicyclic) bond motifs is 2. The number of Topliss-reactive ketones (excluding diaryl/α,β-unsaturated/α-hetero) is 1. The lowest BCUT2D eigenvalue weighted by molar-refractivity contribution is -0.144. The Morgan fingerprint density at radius 3 is 2.71 bits per heavy atom. The normalized spacial score (nSPS) is 11.0. The minimum Gasteiger partial charge on any atom is -0.482 e. The number of ether oxygens (including phenoxy) is 2. The number of ketones is 1. The highest BCUT2D eigenvalue weighted by Crippen LogP contribution is 2.23. The van der Waals surface area contributed by atoms with Gasteiger partial charge in [0, 0.05) is 40.2 Å². The van der Waals surface area contributed by atoms with Crippen molar-refractivity contribution in [3.63, 3.8) is 0 Å². The van der Waals surface area contributed by atoms with Gasteiger partial charge in [-0.1, -0.05) is 25.1 Å². The van der Waals surface area contributed by atoms with Crippen LogP contribution in [0.4, 0.5) is 0 Å². The summed E-state index contributed by atoms with van der Waals surface area (Å²) in [4.78, 5) is 39.2. The number of para-hydroxylation sites is 1. The summed E-state index contributed by atoms with van der Waals surface area (Å²) in [5, 5.41) is 1.59. The van der Waals surface area contributed by atoms with Gasteiger partial charge in [-0.05, 0) is 36.6 Å². The first-order chi connectivity index (χ1) is 15.0. The van der Waals surface area contributed by atoms with E-state index < -0.39 is 11.6 Å². The molecule has 0 unspecified atom stereocenters. The average Bonchev–Trinajstić information content (AvgIpc) is 3.20. The van der Waals surface area contributed by atoms with E-state index in [-0.39, 0.29) is 19.0 Å². The zero-order chi connectivity index (χ0) is 22.0. The fraction of sp³-hybridized carbons (Fsp3) is 0.208. The lowest BCUT2D eigenvalue weighted by Gasteiger charge is -2.08. The van der Waals surface area contributed by atoms with E-state index in [1.807, 2.05) is 32.0 Å². The van der Waals surface area contributed by atoms with Crippen molar-refractivity contribution in [3.8, 4) is 5.75 Å². The number of hydrogen-bond donors (Lipinski definition) is 1. The summed E-state index contributed by atoms with van der Waals surface area (Å²) < 4.78 is 15.7. The Morgan fingerprint density at radius 2 is 1.90 bits per heavy atom. The molecule has 0 fully saturated rings. The van der Waals surface area contributed by atoms with Gasteiger partial charge in [-0.25, -0.2) is 9.59 Å². The van der Waals surface area contributed by atoms with Gasteiger partial charge in [0.1, 0.15) is 11.3 Å². The van der Waals surface area contributed by atoms with E-state index in [9.17, 15) is 14.4 Å². The molecule has 0 saturated heterocycles. The Labute approximate surface area is 177 Å². The summed E-state index contributed by atoms with van der Waals surface area (Å²) in [5.41, 5.74) is 3.22. The maximum atomic E-state index is 12.5. The van der Waals surface area contributed by atoms with Gasteiger partial charge in [0.15, 0.2) is 13.2 Å². The smallest absolute Gasteiger partial charge is 0.344 e. The molecule has 0 atom stereocenters. The van der Waals surface area contributed by atoms with E-state index >= 15 is 0 Å². The Balaban J connectivity index is 1.37. The highest BCUT2D eigenvalue weighted by atomic mass is 16.6. The average molecular weight is 419 g/mol. The van der Waals surface area contributed by atoms with Crippen LogP contribution in [0.5, 0.6) is 5.75 Å². The molecule has 7 nitrogen and oxygen atoms in total. The second kappa shape index (κ2) is 8.47. The summed E-state index contributed by atoms with van der Waals surface area (Å²) in [7, 11) is 0. The first-order valence-electron chi connectivity index (χ1n) is 9.91. The van der Waals surface area contributed by atoms with Crippen LogP contribution in [-0.2, 0) is 16.0 Å². The second-order valence-electron chi connectivity index (χ2n) is 7.17. The van der Waals surface area contributed by atoms with Crippen LogP contribution in [0.15, 0.2) is 57.9 Å². The van der Waals surface area contributed by atoms with E-state index in [1.165, 1.54) is 6.07 Å². The summed E-state index contributed by atoms with van der Waals surface area (Å²) >= 11 is 0. The third-order valence-electron chi connectivity index (χ3n) is 5.13. The van der Waals surface area contributed by atoms with E-state index in [4.69, 9.17) is 13.9 Å². The topological polar surface area (TPSA) is 98.6 Å². The predicted octanol–water partition coefficient (Wildman–Crippen LogP) is 3.95. The third-order valence-corrected chi connectivity index (χ3v) is 5.13. The van der Waals surface area contributed by atoms with E-state index in [0.717, 1.165) is 33.8 Å². The fourth-order valence-corrected chi connectivity index (χ4v) is 3.55. The van der Waals surface area contributed by atoms with Gasteiger partial charge in [-0.15, -0.1) is 0 Å². The van der Waals surface area contributed by atoms with Crippen molar-refractivity contribution >= 4 is 33.6 Å². The van der Waals surface area contributed by atoms with Gasteiger partial charge >= 0.3 is 11.6 Å². The van der Waals surface area contributed by atoms with Crippen molar-refractivity contribution in [2.45, 2.75) is 20.3 Å². The highest BCUT2D eigenvalue weighted by molar-refractivity contribution is 6.09. The van der Waals surface area contributed by atoms with Crippen LogP contribution >= 0.6 is 0 Å². The molecule has 2 heterocycles. The molecule has 4 aromatic rings. The molecule has 0 amide bonds. The molecule has 158 valence electrons. The van der Waals surface area contributed by atoms with Crippen LogP contribution < -0.4 is 10.4 Å². The SMILES string of the molecule is CCc1cccc2c(C(=O)COC(=O)COc3ccc4c(C)cc(=O)oc4c3)c[nH]c12. The lowest BCUT2D eigenvalue weighted by Crippen LogP contribution is -2.19. The number of aryl methyl sites for hydroxylation is 2. The molecule has 31 heavy (non-hydrogen) atoms. The molecule has 0 aliphatic rings. The largest absolute Gasteiger partial charge is 0.482 e. The van der Waals surface area contributed by atoms with Gasteiger partial charge in [0.05, 0.1) is 0 Å². The summed E-state index contributed by atoms with van der Waals surface area (Å²) in [5.74, 6) is -0.614. The van der Waals surface area contributed by atoms with Gasteiger partial charge in [-0.3, -0.25) is 4.79 Å². The van der Waals surface area contributed by atoms with Crippen LogP contribution in [0.2, 0.25) is 0 Å². The number of rotatable bonds is 7. The van der Waals surface area contributed by atoms with Crippen LogP contribution in [0, 0.1) is 6.92 Å². The molecule has 0 spiro atoms. The zero-order valence-electron chi connectivity index (χ0n) is 17.2. The number of aromatic amines is 1. The number of H-pyrrole nitrogens is 1. The van der Waals surface area contributed by atoms with Crippen molar-refractivity contribution in [1.82, 2.24) is 4.98 Å². The molecule has 2 aromatic carbocycles. The van der Waals surface area contributed by atoms with Crippen molar-refractivity contribution in [3.05, 3.63) is 75.8 Å². The Bertz CT molecular complexity index is 1350. The molecule has 0 saturated carbocycles. The standard InChI is InChI=1S/C24H21NO6/c1-3-15-5-4-6-18-19(11-25-24(15)18)20(26)12-30-23(28)13-29-16-7-8-17-14(2)9-22(27)31-21(17)10-16/h4-11,25H,3,12-13H2,1-2H3. The summed E-state index contributed by atoms with van der Waals surface area (Å²) in [6.45, 7) is 3.11. The molecule has 0 aliphatic heterocycles. The molecule has 1 N–H and O–H groups in total. The number of benzene rings is 2. The number of carbonyl (C=O) groups excluding carboxylic acids is 2. The fourth-order valence-electron chi connectivity index (χ4n) is 3.55. The van der Waals surface area contributed by atoms with Crippen LogP contribution in [0.3, 0.4) is 0 Å². The van der Waals surface area contributed by atoms with Gasteiger partial charge in [0.2, 0.25) is 5.78 Å². The first kappa shape index (κ1) is 20.4. The van der Waals surface area contributed by atoms with Crippen molar-refractivity contribution in [2.75, 3.05) is 13.2 Å². The molecular weight excluding hydrogens is 398 g/mol. The van der Waals surface area contributed by atoms with Gasteiger partial charge in [0.25, 0.3) is 0 Å². The van der Waals surface area contributed by atoms with Crippen molar-refractivity contribution in [1.29, 1.82) is 0 Å². The van der Waals surface area contributed by atoms with Crippen LogP contribution in [0.25, 0.3) is 21.9 Å². The minimum absolute atomic E-state index is 0.296. The number of nitrogens with one attached hydrogen (secondary N) is 1. The predicted molar refractivity (Wildman–Crippen MR) is 116 cm³/mol. The quantitative estimate of drug-likeness (QED) is 0.277. The lowest BCUT2D eigenvalue weighted by atomic mass is 10.1. The van der Waals surface area contributed by atoms with E-state index in [2.05, 4.69) is 4.98 Å². The van der Waals surface area contributed by atoms with Crippen molar-refractivity contribution in [2.24, 2.45) is 0 Å². The Hall–Kier alpha value is -3.87. The number of carbonyl (C=O) groups is 2. The van der Waals surface area contributed by atoms with Gasteiger partial charge < -0.3 is 18.9 Å². The summed E-state index contributed by atoms with van der Waals surface area (Å²) in [6.07, 6.45) is 2.48. The maximum Gasteiger partial charge on any atom is 0.344 e. The molecule has 7 heteroatoms. The highest BCUT2D eigenvalue weighted by Gasteiger charge is 2.16. The Kier molecular flexibility index (Phi) is 5.58. The Morgan fingerprint density at radius 1 is 1.06 bits per heavy atom. The van der Waals surface area contributed by atoms with Gasteiger partial charge in [-0.2, -0.15) is 0 Å². The molecule has 2 aromatic heterocycles. The van der Waals surface area contributed by atoms with E-state index in [1.54, 1.807) is 24.4 Å². The number of hydrogen-bond acceptors (Lipinski definition) is 6.